The fraction of sp³-hybridized carbons (Fsp3) is 0.600. The summed E-state index contributed by atoms with van der Waals surface area (Å²) in [5.74, 6) is 0. The van der Waals surface area contributed by atoms with Crippen LogP contribution in [0.3, 0.4) is 0 Å². The molecule has 4 nitrogen and oxygen atoms in total. The van der Waals surface area contributed by atoms with E-state index in [-0.39, 0.29) is 0 Å². The minimum Gasteiger partial charge on any atom is -0.384 e. The van der Waals surface area contributed by atoms with Gasteiger partial charge in [0.1, 0.15) is 4.90 Å². The Labute approximate surface area is 123 Å². The Kier molecular flexibility index (Phi) is 7.62. The van der Waals surface area contributed by atoms with E-state index in [0.29, 0.717) is 17.1 Å². The van der Waals surface area contributed by atoms with Crippen molar-refractivity contribution in [3.8, 4) is 0 Å². The molecule has 5 heteroatoms. The van der Waals surface area contributed by atoms with Gasteiger partial charge in [-0.25, -0.2) is 13.1 Å². The molecule has 0 amide bonds. The van der Waals surface area contributed by atoms with Gasteiger partial charge in [-0.05, 0) is 25.0 Å². The van der Waals surface area contributed by atoms with Crippen LogP contribution in [0, 0.1) is 0 Å². The van der Waals surface area contributed by atoms with Gasteiger partial charge in [-0.3, -0.25) is 0 Å². The molecule has 114 valence electrons. The molecule has 1 rings (SSSR count). The van der Waals surface area contributed by atoms with E-state index < -0.39 is 10.0 Å². The number of sulfonamides is 1. The van der Waals surface area contributed by atoms with Crippen LogP contribution in [0.25, 0.3) is 0 Å². The molecule has 0 fully saturated rings. The quantitative estimate of drug-likeness (QED) is 0.651. The van der Waals surface area contributed by atoms with Gasteiger partial charge in [0.25, 0.3) is 0 Å². The maximum Gasteiger partial charge on any atom is 0.242 e. The van der Waals surface area contributed by atoms with Crippen LogP contribution in [0.5, 0.6) is 0 Å². The Morgan fingerprint density at radius 2 is 1.70 bits per heavy atom. The standard InChI is InChI=1S/C15H26N2O2S/c1-3-5-6-9-13-17-20(18,19)15-11-8-7-10-14(15)16-12-4-2/h7-8,10-11,16-17H,3-6,9,12-13H2,1-2H3. The molecular formula is C15H26N2O2S. The normalized spacial score (nSPS) is 11.5. The molecule has 0 heterocycles. The minimum absolute atomic E-state index is 0.337. The van der Waals surface area contributed by atoms with Gasteiger partial charge >= 0.3 is 0 Å². The summed E-state index contributed by atoms with van der Waals surface area (Å²) >= 11 is 0. The van der Waals surface area contributed by atoms with Crippen LogP contribution in [0.2, 0.25) is 0 Å². The molecule has 1 aromatic rings. The average Bonchev–Trinajstić information content (AvgIpc) is 2.45. The van der Waals surface area contributed by atoms with Crippen molar-refractivity contribution in [2.75, 3.05) is 18.4 Å². The lowest BCUT2D eigenvalue weighted by Crippen LogP contribution is -2.25. The van der Waals surface area contributed by atoms with Crippen LogP contribution in [-0.2, 0) is 10.0 Å². The highest BCUT2D eigenvalue weighted by molar-refractivity contribution is 7.89. The van der Waals surface area contributed by atoms with Gasteiger partial charge in [0, 0.05) is 13.1 Å². The molecule has 0 aromatic heterocycles. The monoisotopic (exact) mass is 298 g/mol. The van der Waals surface area contributed by atoms with Crippen molar-refractivity contribution in [1.29, 1.82) is 0 Å². The van der Waals surface area contributed by atoms with E-state index in [1.54, 1.807) is 18.2 Å². The van der Waals surface area contributed by atoms with Gasteiger partial charge in [0.05, 0.1) is 5.69 Å². The van der Waals surface area contributed by atoms with E-state index in [1.165, 1.54) is 0 Å². The van der Waals surface area contributed by atoms with Crippen molar-refractivity contribution in [1.82, 2.24) is 4.72 Å². The summed E-state index contributed by atoms with van der Waals surface area (Å²) < 4.78 is 27.3. The lowest BCUT2D eigenvalue weighted by Gasteiger charge is -2.12. The van der Waals surface area contributed by atoms with E-state index in [0.717, 1.165) is 38.6 Å². The summed E-state index contributed by atoms with van der Waals surface area (Å²) in [5.41, 5.74) is 0.676. The molecule has 0 aliphatic carbocycles. The van der Waals surface area contributed by atoms with E-state index in [9.17, 15) is 8.42 Å². The topological polar surface area (TPSA) is 58.2 Å². The smallest absolute Gasteiger partial charge is 0.242 e. The van der Waals surface area contributed by atoms with E-state index in [1.807, 2.05) is 6.07 Å². The number of nitrogens with one attached hydrogen (secondary N) is 2. The molecule has 0 aliphatic heterocycles. The molecule has 0 bridgehead atoms. The van der Waals surface area contributed by atoms with Crippen LogP contribution < -0.4 is 10.0 Å². The highest BCUT2D eigenvalue weighted by atomic mass is 32.2. The summed E-state index contributed by atoms with van der Waals surface area (Å²) in [6.45, 7) is 5.46. The maximum absolute atomic E-state index is 12.3. The molecule has 20 heavy (non-hydrogen) atoms. The van der Waals surface area contributed by atoms with Crippen molar-refractivity contribution in [2.24, 2.45) is 0 Å². The second-order valence-electron chi connectivity index (χ2n) is 4.88. The molecule has 2 N–H and O–H groups in total. The molecular weight excluding hydrogens is 272 g/mol. The third kappa shape index (κ3) is 5.51. The SMILES string of the molecule is CCCCCCNS(=O)(=O)c1ccccc1NCCC. The second kappa shape index (κ2) is 8.97. The van der Waals surface area contributed by atoms with E-state index in [4.69, 9.17) is 0 Å². The number of hydrogen-bond donors (Lipinski definition) is 2. The molecule has 0 spiro atoms. The number of anilines is 1. The number of benzene rings is 1. The number of hydrogen-bond acceptors (Lipinski definition) is 3. The summed E-state index contributed by atoms with van der Waals surface area (Å²) in [6.07, 6.45) is 5.21. The first-order chi connectivity index (χ1) is 9.61. The van der Waals surface area contributed by atoms with Crippen LogP contribution in [0.15, 0.2) is 29.2 Å². The third-order valence-electron chi connectivity index (χ3n) is 3.06. The molecule has 0 saturated heterocycles. The first-order valence-electron chi connectivity index (χ1n) is 7.44. The zero-order valence-corrected chi connectivity index (χ0v) is 13.3. The van der Waals surface area contributed by atoms with Gasteiger partial charge in [0.2, 0.25) is 10.0 Å². The van der Waals surface area contributed by atoms with E-state index >= 15 is 0 Å². The van der Waals surface area contributed by atoms with Crippen molar-refractivity contribution in [3.63, 3.8) is 0 Å². The zero-order chi connectivity index (χ0) is 14.8. The van der Waals surface area contributed by atoms with E-state index in [2.05, 4.69) is 23.9 Å². The predicted octanol–water partition coefficient (Wildman–Crippen LogP) is 3.37. The maximum atomic E-state index is 12.3. The van der Waals surface area contributed by atoms with Gasteiger partial charge < -0.3 is 5.32 Å². The van der Waals surface area contributed by atoms with Gasteiger partial charge in [-0.2, -0.15) is 0 Å². The van der Waals surface area contributed by atoms with Crippen molar-refractivity contribution in [3.05, 3.63) is 24.3 Å². The van der Waals surface area contributed by atoms with Crippen LogP contribution in [-0.4, -0.2) is 21.5 Å². The molecule has 0 aliphatic rings. The van der Waals surface area contributed by atoms with Crippen molar-refractivity contribution in [2.45, 2.75) is 50.8 Å². The number of rotatable bonds is 10. The Balaban J connectivity index is 2.66. The van der Waals surface area contributed by atoms with Gasteiger partial charge in [0.15, 0.2) is 0 Å². The highest BCUT2D eigenvalue weighted by Gasteiger charge is 2.17. The van der Waals surface area contributed by atoms with Crippen LogP contribution in [0.4, 0.5) is 5.69 Å². The first-order valence-corrected chi connectivity index (χ1v) is 8.92. The summed E-state index contributed by atoms with van der Waals surface area (Å²) in [4.78, 5) is 0.337. The van der Waals surface area contributed by atoms with Crippen LogP contribution in [0.1, 0.15) is 46.0 Å². The Hall–Kier alpha value is -1.07. The molecule has 0 radical (unpaired) electrons. The minimum atomic E-state index is -3.42. The molecule has 0 atom stereocenters. The molecule has 1 aromatic carbocycles. The second-order valence-corrected chi connectivity index (χ2v) is 6.62. The summed E-state index contributed by atoms with van der Waals surface area (Å²) in [6, 6.07) is 7.05. The van der Waals surface area contributed by atoms with Gasteiger partial charge in [-0.15, -0.1) is 0 Å². The Bertz CT molecular complexity index is 486. The van der Waals surface area contributed by atoms with Crippen molar-refractivity contribution < 1.29 is 8.42 Å². The zero-order valence-electron chi connectivity index (χ0n) is 12.5. The first kappa shape index (κ1) is 17.0. The number of para-hydroxylation sites is 1. The van der Waals surface area contributed by atoms with Gasteiger partial charge in [-0.1, -0.05) is 45.2 Å². The predicted molar refractivity (Wildman–Crippen MR) is 84.6 cm³/mol. The Morgan fingerprint density at radius 1 is 0.950 bits per heavy atom. The lowest BCUT2D eigenvalue weighted by atomic mass is 10.2. The largest absolute Gasteiger partial charge is 0.384 e. The molecule has 0 unspecified atom stereocenters. The summed E-state index contributed by atoms with van der Waals surface area (Å²) in [5, 5.41) is 3.16. The highest BCUT2D eigenvalue weighted by Crippen LogP contribution is 2.20. The summed E-state index contributed by atoms with van der Waals surface area (Å²) in [7, 11) is -3.42. The number of unbranched alkanes of at least 4 members (excludes halogenated alkanes) is 3. The fourth-order valence-electron chi connectivity index (χ4n) is 1.94. The molecule has 0 saturated carbocycles. The lowest BCUT2D eigenvalue weighted by molar-refractivity contribution is 0.574. The average molecular weight is 298 g/mol. The van der Waals surface area contributed by atoms with Crippen LogP contribution >= 0.6 is 0 Å². The fourth-order valence-corrected chi connectivity index (χ4v) is 3.20. The third-order valence-corrected chi connectivity index (χ3v) is 4.58. The van der Waals surface area contributed by atoms with Crippen molar-refractivity contribution >= 4 is 15.7 Å². The Morgan fingerprint density at radius 3 is 2.40 bits per heavy atom.